The first kappa shape index (κ1) is 17.1. The van der Waals surface area contributed by atoms with E-state index in [-0.39, 0.29) is 19.1 Å². The molecule has 0 aliphatic rings. The summed E-state index contributed by atoms with van der Waals surface area (Å²) in [7, 11) is 0. The monoisotopic (exact) mass is 300 g/mol. The molecular weight excluding hydrogens is 276 g/mol. The van der Waals surface area contributed by atoms with E-state index in [2.05, 4.69) is 5.32 Å². The second-order valence-electron chi connectivity index (χ2n) is 4.45. The lowest BCUT2D eigenvalue weighted by Crippen LogP contribution is -2.40. The van der Waals surface area contributed by atoms with Crippen molar-refractivity contribution in [1.82, 2.24) is 10.2 Å². The first-order chi connectivity index (χ1) is 9.67. The predicted molar refractivity (Wildman–Crippen MR) is 80.8 cm³/mol. The zero-order valence-corrected chi connectivity index (χ0v) is 13.0. The number of ether oxygens (including phenoxy) is 1. The molecule has 20 heavy (non-hydrogen) atoms. The van der Waals surface area contributed by atoms with Gasteiger partial charge in [0.1, 0.15) is 0 Å². The largest absolute Gasteiger partial charge is 0.389 e. The predicted octanol–water partition coefficient (Wildman–Crippen LogP) is 1.08. The van der Waals surface area contributed by atoms with Crippen molar-refractivity contribution in [2.45, 2.75) is 26.6 Å². The number of carbonyl (C=O) groups is 1. The molecule has 0 saturated carbocycles. The van der Waals surface area contributed by atoms with E-state index < -0.39 is 6.10 Å². The summed E-state index contributed by atoms with van der Waals surface area (Å²) >= 11 is 1.63. The van der Waals surface area contributed by atoms with Gasteiger partial charge in [-0.25, -0.2) is 0 Å². The van der Waals surface area contributed by atoms with Crippen LogP contribution < -0.4 is 5.32 Å². The van der Waals surface area contributed by atoms with Crippen molar-refractivity contribution in [3.05, 3.63) is 22.4 Å². The van der Waals surface area contributed by atoms with Gasteiger partial charge < -0.3 is 20.1 Å². The molecule has 1 heterocycles. The van der Waals surface area contributed by atoms with E-state index in [9.17, 15) is 9.90 Å². The summed E-state index contributed by atoms with van der Waals surface area (Å²) in [6.07, 6.45) is -0.598. The Kier molecular flexibility index (Phi) is 8.45. The van der Waals surface area contributed by atoms with Crippen LogP contribution in [0.25, 0.3) is 0 Å². The molecule has 6 heteroatoms. The Morgan fingerprint density at radius 3 is 2.85 bits per heavy atom. The van der Waals surface area contributed by atoms with Gasteiger partial charge >= 0.3 is 0 Å². The normalized spacial score (nSPS) is 12.3. The number of aliphatic hydroxyl groups is 1. The van der Waals surface area contributed by atoms with E-state index >= 15 is 0 Å². The third-order valence-electron chi connectivity index (χ3n) is 2.91. The standard InChI is InChI=1S/C14H24N2O3S/c1-3-16(4-2)14(18)9-15-8-12(17)10-19-11-13-6-5-7-20-13/h5-7,12,15,17H,3-4,8-11H2,1-2H3. The second kappa shape index (κ2) is 9.88. The Morgan fingerprint density at radius 1 is 1.50 bits per heavy atom. The van der Waals surface area contributed by atoms with Crippen LogP contribution in [-0.2, 0) is 16.1 Å². The van der Waals surface area contributed by atoms with Crippen molar-refractivity contribution in [2.75, 3.05) is 32.8 Å². The lowest BCUT2D eigenvalue weighted by molar-refractivity contribution is -0.129. The van der Waals surface area contributed by atoms with Gasteiger partial charge in [0, 0.05) is 24.5 Å². The summed E-state index contributed by atoms with van der Waals surface area (Å²) in [4.78, 5) is 14.6. The molecule has 1 aromatic heterocycles. The highest BCUT2D eigenvalue weighted by Gasteiger charge is 2.10. The van der Waals surface area contributed by atoms with Crippen LogP contribution in [0.4, 0.5) is 0 Å². The average molecular weight is 300 g/mol. The quantitative estimate of drug-likeness (QED) is 0.679. The molecule has 1 aromatic rings. The Labute approximate surface area is 124 Å². The number of nitrogens with zero attached hydrogens (tertiary/aromatic N) is 1. The summed E-state index contributed by atoms with van der Waals surface area (Å²) in [6, 6.07) is 3.97. The van der Waals surface area contributed by atoms with Gasteiger partial charge in [-0.3, -0.25) is 4.79 Å². The number of nitrogens with one attached hydrogen (secondary N) is 1. The molecule has 5 nitrogen and oxygen atoms in total. The van der Waals surface area contributed by atoms with Gasteiger partial charge in [0.2, 0.25) is 5.91 Å². The lowest BCUT2D eigenvalue weighted by atomic mass is 10.3. The van der Waals surface area contributed by atoms with Crippen molar-refractivity contribution in [3.63, 3.8) is 0 Å². The second-order valence-corrected chi connectivity index (χ2v) is 5.48. The number of likely N-dealkylation sites (N-methyl/N-ethyl adjacent to an activating group) is 1. The van der Waals surface area contributed by atoms with Crippen LogP contribution in [-0.4, -0.2) is 54.8 Å². The van der Waals surface area contributed by atoms with E-state index in [1.165, 1.54) is 0 Å². The highest BCUT2D eigenvalue weighted by atomic mass is 32.1. The van der Waals surface area contributed by atoms with Crippen LogP contribution in [0.15, 0.2) is 17.5 Å². The number of aliphatic hydroxyl groups excluding tert-OH is 1. The minimum Gasteiger partial charge on any atom is -0.389 e. The van der Waals surface area contributed by atoms with Crippen molar-refractivity contribution < 1.29 is 14.6 Å². The molecule has 1 atom stereocenters. The number of amides is 1. The molecule has 0 aromatic carbocycles. The lowest BCUT2D eigenvalue weighted by Gasteiger charge is -2.19. The summed E-state index contributed by atoms with van der Waals surface area (Å²) in [5.74, 6) is 0.0571. The summed E-state index contributed by atoms with van der Waals surface area (Å²) in [5, 5.41) is 14.7. The van der Waals surface area contributed by atoms with E-state index in [1.807, 2.05) is 31.4 Å². The van der Waals surface area contributed by atoms with E-state index in [4.69, 9.17) is 4.74 Å². The number of rotatable bonds is 10. The molecule has 1 rings (SSSR count). The molecule has 1 amide bonds. The first-order valence-electron chi connectivity index (χ1n) is 6.94. The first-order valence-corrected chi connectivity index (χ1v) is 7.82. The minimum absolute atomic E-state index is 0.0571. The molecule has 0 bridgehead atoms. The summed E-state index contributed by atoms with van der Waals surface area (Å²) in [5.41, 5.74) is 0. The maximum absolute atomic E-state index is 11.7. The third kappa shape index (κ3) is 6.47. The number of hydrogen-bond donors (Lipinski definition) is 2. The van der Waals surface area contributed by atoms with Crippen molar-refractivity contribution in [1.29, 1.82) is 0 Å². The highest BCUT2D eigenvalue weighted by molar-refractivity contribution is 7.09. The fraction of sp³-hybridized carbons (Fsp3) is 0.643. The molecular formula is C14H24N2O3S. The fourth-order valence-corrected chi connectivity index (χ4v) is 2.42. The molecule has 0 spiro atoms. The van der Waals surface area contributed by atoms with Gasteiger partial charge in [0.15, 0.2) is 0 Å². The van der Waals surface area contributed by atoms with Crippen molar-refractivity contribution >= 4 is 17.2 Å². The van der Waals surface area contributed by atoms with Crippen molar-refractivity contribution in [2.24, 2.45) is 0 Å². The zero-order chi connectivity index (χ0) is 14.8. The van der Waals surface area contributed by atoms with Gasteiger partial charge in [-0.2, -0.15) is 0 Å². The highest BCUT2D eigenvalue weighted by Crippen LogP contribution is 2.09. The van der Waals surface area contributed by atoms with Crippen LogP contribution in [0, 0.1) is 0 Å². The molecule has 0 radical (unpaired) electrons. The van der Waals surface area contributed by atoms with Crippen molar-refractivity contribution in [3.8, 4) is 0 Å². The van der Waals surface area contributed by atoms with Crippen LogP contribution in [0.2, 0.25) is 0 Å². The molecule has 0 saturated heterocycles. The van der Waals surface area contributed by atoms with Gasteiger partial charge in [0.25, 0.3) is 0 Å². The van der Waals surface area contributed by atoms with Gasteiger partial charge in [-0.1, -0.05) is 6.07 Å². The molecule has 0 aliphatic carbocycles. The Bertz CT molecular complexity index is 367. The number of hydrogen-bond acceptors (Lipinski definition) is 5. The summed E-state index contributed by atoms with van der Waals surface area (Å²) < 4.78 is 5.41. The fourth-order valence-electron chi connectivity index (χ4n) is 1.78. The third-order valence-corrected chi connectivity index (χ3v) is 3.76. The summed E-state index contributed by atoms with van der Waals surface area (Å²) in [6.45, 7) is 6.73. The molecule has 2 N–H and O–H groups in total. The Balaban J connectivity index is 2.07. The van der Waals surface area contributed by atoms with Gasteiger partial charge in [0.05, 0.1) is 25.9 Å². The number of thiophene rings is 1. The molecule has 0 aliphatic heterocycles. The van der Waals surface area contributed by atoms with Crippen LogP contribution in [0.3, 0.4) is 0 Å². The van der Waals surface area contributed by atoms with E-state index in [0.29, 0.717) is 26.2 Å². The topological polar surface area (TPSA) is 61.8 Å². The van der Waals surface area contributed by atoms with Crippen LogP contribution in [0.5, 0.6) is 0 Å². The van der Waals surface area contributed by atoms with Crippen LogP contribution in [0.1, 0.15) is 18.7 Å². The Morgan fingerprint density at radius 2 is 2.25 bits per heavy atom. The smallest absolute Gasteiger partial charge is 0.236 e. The molecule has 1 unspecified atom stereocenters. The number of carbonyl (C=O) groups excluding carboxylic acids is 1. The molecule has 114 valence electrons. The maximum atomic E-state index is 11.7. The molecule has 0 fully saturated rings. The minimum atomic E-state index is -0.598. The SMILES string of the molecule is CCN(CC)C(=O)CNCC(O)COCc1cccs1. The van der Waals surface area contributed by atoms with Gasteiger partial charge in [-0.05, 0) is 25.3 Å². The zero-order valence-electron chi connectivity index (χ0n) is 12.2. The Hall–Kier alpha value is -0.950. The van der Waals surface area contributed by atoms with E-state index in [0.717, 1.165) is 4.88 Å². The van der Waals surface area contributed by atoms with Gasteiger partial charge in [-0.15, -0.1) is 11.3 Å². The van der Waals surface area contributed by atoms with Crippen LogP contribution >= 0.6 is 11.3 Å². The average Bonchev–Trinajstić information content (AvgIpc) is 2.93. The van der Waals surface area contributed by atoms with E-state index in [1.54, 1.807) is 16.2 Å². The maximum Gasteiger partial charge on any atom is 0.236 e.